The van der Waals surface area contributed by atoms with Crippen molar-refractivity contribution in [2.24, 2.45) is 0 Å². The normalized spacial score (nSPS) is 16.0. The maximum absolute atomic E-state index is 12.6. The van der Waals surface area contributed by atoms with Crippen LogP contribution in [-0.2, 0) is 17.8 Å². The van der Waals surface area contributed by atoms with Gasteiger partial charge in [-0.2, -0.15) is 0 Å². The summed E-state index contributed by atoms with van der Waals surface area (Å²) < 4.78 is 11.4. The quantitative estimate of drug-likeness (QED) is 0.871. The molecular formula is C19H21NO3. The Morgan fingerprint density at radius 2 is 1.74 bits per heavy atom. The zero-order chi connectivity index (χ0) is 16.2. The van der Waals surface area contributed by atoms with Crippen LogP contribution in [0.2, 0.25) is 0 Å². The number of nitrogens with zero attached hydrogens (tertiary/aromatic N) is 1. The average molecular weight is 311 g/mol. The van der Waals surface area contributed by atoms with Crippen LogP contribution in [0, 0.1) is 0 Å². The number of fused-ring (bicyclic) bond motifs is 1. The van der Waals surface area contributed by atoms with E-state index >= 15 is 0 Å². The van der Waals surface area contributed by atoms with Crippen molar-refractivity contribution >= 4 is 5.91 Å². The first-order valence-electron chi connectivity index (χ1n) is 7.88. The number of amides is 1. The molecule has 1 atom stereocenters. The van der Waals surface area contributed by atoms with Crippen LogP contribution in [0.25, 0.3) is 0 Å². The van der Waals surface area contributed by atoms with Gasteiger partial charge in [0.25, 0.3) is 5.91 Å². The van der Waals surface area contributed by atoms with E-state index in [-0.39, 0.29) is 12.5 Å². The predicted octanol–water partition coefficient (Wildman–Crippen LogP) is 3.05. The van der Waals surface area contributed by atoms with Crippen LogP contribution in [-0.4, -0.2) is 30.6 Å². The molecule has 4 nitrogen and oxygen atoms in total. The third-order valence-corrected chi connectivity index (χ3v) is 4.01. The maximum Gasteiger partial charge on any atom is 0.267 e. The fourth-order valence-electron chi connectivity index (χ4n) is 2.62. The zero-order valence-electron chi connectivity index (χ0n) is 13.5. The Labute approximate surface area is 136 Å². The van der Waals surface area contributed by atoms with E-state index in [9.17, 15) is 4.79 Å². The molecule has 0 aliphatic carbocycles. The van der Waals surface area contributed by atoms with E-state index < -0.39 is 6.10 Å². The van der Waals surface area contributed by atoms with Crippen molar-refractivity contribution in [2.45, 2.75) is 26.0 Å². The van der Waals surface area contributed by atoms with Gasteiger partial charge in [-0.3, -0.25) is 4.79 Å². The fraction of sp³-hybridized carbons (Fsp3) is 0.316. The number of aryl methyl sites for hydroxylation is 1. The van der Waals surface area contributed by atoms with Gasteiger partial charge in [0.2, 0.25) is 6.10 Å². The van der Waals surface area contributed by atoms with Gasteiger partial charge in [-0.25, -0.2) is 0 Å². The molecule has 2 aromatic rings. The lowest BCUT2D eigenvalue weighted by Gasteiger charge is -2.28. The SMILES string of the molecule is CCc1ccc(CN(C)C(=O)C2COc3ccccc3O2)cc1. The molecule has 1 heterocycles. The van der Waals surface area contributed by atoms with E-state index in [2.05, 4.69) is 31.2 Å². The van der Waals surface area contributed by atoms with Crippen molar-refractivity contribution < 1.29 is 14.3 Å². The number of benzene rings is 2. The van der Waals surface area contributed by atoms with Crippen LogP contribution < -0.4 is 9.47 Å². The van der Waals surface area contributed by atoms with Crippen molar-refractivity contribution in [1.82, 2.24) is 4.90 Å². The monoisotopic (exact) mass is 311 g/mol. The highest BCUT2D eigenvalue weighted by Crippen LogP contribution is 2.31. The molecule has 0 aromatic heterocycles. The summed E-state index contributed by atoms with van der Waals surface area (Å²) in [5.74, 6) is 1.24. The first-order chi connectivity index (χ1) is 11.2. The van der Waals surface area contributed by atoms with E-state index in [4.69, 9.17) is 9.47 Å². The molecule has 1 unspecified atom stereocenters. The van der Waals surface area contributed by atoms with E-state index in [1.165, 1.54) is 5.56 Å². The highest BCUT2D eigenvalue weighted by molar-refractivity contribution is 5.81. The summed E-state index contributed by atoms with van der Waals surface area (Å²) in [6, 6.07) is 15.7. The lowest BCUT2D eigenvalue weighted by molar-refractivity contribution is -0.140. The minimum absolute atomic E-state index is 0.0703. The van der Waals surface area contributed by atoms with Gasteiger partial charge < -0.3 is 14.4 Å². The Kier molecular flexibility index (Phi) is 4.51. The summed E-state index contributed by atoms with van der Waals surface area (Å²) in [4.78, 5) is 14.2. The number of carbonyl (C=O) groups is 1. The minimum Gasteiger partial charge on any atom is -0.485 e. The molecule has 23 heavy (non-hydrogen) atoms. The minimum atomic E-state index is -0.593. The van der Waals surface area contributed by atoms with Gasteiger partial charge in [-0.1, -0.05) is 43.3 Å². The molecule has 0 spiro atoms. The highest BCUT2D eigenvalue weighted by atomic mass is 16.6. The number of hydrogen-bond acceptors (Lipinski definition) is 3. The van der Waals surface area contributed by atoms with Crippen molar-refractivity contribution in [3.63, 3.8) is 0 Å². The number of hydrogen-bond donors (Lipinski definition) is 0. The number of rotatable bonds is 4. The van der Waals surface area contributed by atoms with Gasteiger partial charge >= 0.3 is 0 Å². The molecule has 0 saturated heterocycles. The molecule has 0 bridgehead atoms. The molecule has 0 radical (unpaired) electrons. The topological polar surface area (TPSA) is 38.8 Å². The van der Waals surface area contributed by atoms with Crippen LogP contribution in [0.3, 0.4) is 0 Å². The van der Waals surface area contributed by atoms with Gasteiger partial charge in [0.1, 0.15) is 6.61 Å². The van der Waals surface area contributed by atoms with Gasteiger partial charge in [0, 0.05) is 13.6 Å². The molecule has 120 valence electrons. The Balaban J connectivity index is 1.63. The molecule has 1 amide bonds. The number of carbonyl (C=O) groups excluding carboxylic acids is 1. The lowest BCUT2D eigenvalue weighted by atomic mass is 10.1. The summed E-state index contributed by atoms with van der Waals surface area (Å²) in [5.41, 5.74) is 2.40. The largest absolute Gasteiger partial charge is 0.485 e. The average Bonchev–Trinajstić information content (AvgIpc) is 2.61. The molecular weight excluding hydrogens is 290 g/mol. The molecule has 4 heteroatoms. The van der Waals surface area contributed by atoms with Gasteiger partial charge in [-0.05, 0) is 29.7 Å². The second kappa shape index (κ2) is 6.73. The molecule has 0 fully saturated rings. The number of likely N-dealkylation sites (N-methyl/N-ethyl adjacent to an activating group) is 1. The van der Waals surface area contributed by atoms with Crippen molar-refractivity contribution in [3.05, 3.63) is 59.7 Å². The fourth-order valence-corrected chi connectivity index (χ4v) is 2.62. The van der Waals surface area contributed by atoms with Gasteiger partial charge in [0.05, 0.1) is 0 Å². The van der Waals surface area contributed by atoms with Crippen molar-refractivity contribution in [2.75, 3.05) is 13.7 Å². The summed E-state index contributed by atoms with van der Waals surface area (Å²) in [6.45, 7) is 2.93. The molecule has 0 saturated carbocycles. The molecule has 2 aromatic carbocycles. The Morgan fingerprint density at radius 1 is 1.09 bits per heavy atom. The standard InChI is InChI=1S/C19H21NO3/c1-3-14-8-10-15(11-9-14)12-20(2)19(21)18-13-22-16-6-4-5-7-17(16)23-18/h4-11,18H,3,12-13H2,1-2H3. The number of para-hydroxylation sites is 2. The highest BCUT2D eigenvalue weighted by Gasteiger charge is 2.29. The molecule has 1 aliphatic rings. The number of ether oxygens (including phenoxy) is 2. The smallest absolute Gasteiger partial charge is 0.267 e. The predicted molar refractivity (Wildman–Crippen MR) is 88.6 cm³/mol. The molecule has 0 N–H and O–H groups in total. The van der Waals surface area contributed by atoms with Crippen molar-refractivity contribution in [3.8, 4) is 11.5 Å². The van der Waals surface area contributed by atoms with E-state index in [0.717, 1.165) is 12.0 Å². The third-order valence-electron chi connectivity index (χ3n) is 4.01. The van der Waals surface area contributed by atoms with Gasteiger partial charge in [0.15, 0.2) is 11.5 Å². The van der Waals surface area contributed by atoms with Gasteiger partial charge in [-0.15, -0.1) is 0 Å². The van der Waals surface area contributed by atoms with E-state index in [1.807, 2.05) is 24.3 Å². The van der Waals surface area contributed by atoms with Crippen LogP contribution in [0.1, 0.15) is 18.1 Å². The zero-order valence-corrected chi connectivity index (χ0v) is 13.5. The third kappa shape index (κ3) is 3.47. The van der Waals surface area contributed by atoms with E-state index in [1.54, 1.807) is 11.9 Å². The first kappa shape index (κ1) is 15.4. The Morgan fingerprint density at radius 3 is 2.43 bits per heavy atom. The Hall–Kier alpha value is -2.49. The van der Waals surface area contributed by atoms with Crippen molar-refractivity contribution in [1.29, 1.82) is 0 Å². The van der Waals surface area contributed by atoms with Crippen LogP contribution >= 0.6 is 0 Å². The maximum atomic E-state index is 12.6. The molecule has 3 rings (SSSR count). The second-order valence-corrected chi connectivity index (χ2v) is 5.73. The van der Waals surface area contributed by atoms with Crippen LogP contribution in [0.15, 0.2) is 48.5 Å². The summed E-state index contributed by atoms with van der Waals surface area (Å²) in [7, 11) is 1.79. The van der Waals surface area contributed by atoms with E-state index in [0.29, 0.717) is 18.0 Å². The Bertz CT molecular complexity index is 681. The summed E-state index contributed by atoms with van der Waals surface area (Å²) in [5, 5.41) is 0. The van der Waals surface area contributed by atoms with Crippen LogP contribution in [0.5, 0.6) is 11.5 Å². The summed E-state index contributed by atoms with van der Waals surface area (Å²) in [6.07, 6.45) is 0.423. The lowest BCUT2D eigenvalue weighted by Crippen LogP contribution is -2.44. The van der Waals surface area contributed by atoms with Crippen LogP contribution in [0.4, 0.5) is 0 Å². The summed E-state index contributed by atoms with van der Waals surface area (Å²) >= 11 is 0. The second-order valence-electron chi connectivity index (χ2n) is 5.73. The molecule has 1 aliphatic heterocycles. The first-order valence-corrected chi connectivity index (χ1v) is 7.88.